The van der Waals surface area contributed by atoms with Crippen LogP contribution < -0.4 is 5.32 Å². The van der Waals surface area contributed by atoms with Crippen LogP contribution in [0.5, 0.6) is 0 Å². The van der Waals surface area contributed by atoms with Crippen molar-refractivity contribution in [1.82, 2.24) is 19.3 Å². The Morgan fingerprint density at radius 2 is 2.07 bits per heavy atom. The summed E-state index contributed by atoms with van der Waals surface area (Å²) in [4.78, 5) is 23.4. The van der Waals surface area contributed by atoms with E-state index in [2.05, 4.69) is 29.4 Å². The molecule has 1 aliphatic heterocycles. The maximum absolute atomic E-state index is 12.4. The number of aromatic nitrogens is 3. The summed E-state index contributed by atoms with van der Waals surface area (Å²) >= 11 is 1.91. The van der Waals surface area contributed by atoms with E-state index in [1.54, 1.807) is 12.4 Å². The van der Waals surface area contributed by atoms with Crippen LogP contribution in [0.2, 0.25) is 0 Å². The minimum Gasteiger partial charge on any atom is -0.369 e. The van der Waals surface area contributed by atoms with Gasteiger partial charge in [-0.1, -0.05) is 24.3 Å². The molecular formula is C20H23N5OS. The van der Waals surface area contributed by atoms with Gasteiger partial charge in [-0.05, 0) is 12.5 Å². The topological polar surface area (TPSA) is 62.5 Å². The molecule has 2 aromatic heterocycles. The van der Waals surface area contributed by atoms with Crippen LogP contribution in [-0.4, -0.2) is 56.3 Å². The van der Waals surface area contributed by atoms with Gasteiger partial charge in [-0.25, -0.2) is 4.98 Å². The number of hydrogen-bond acceptors (Lipinski definition) is 5. The average molecular weight is 382 g/mol. The highest BCUT2D eigenvalue weighted by Crippen LogP contribution is 2.30. The molecule has 0 unspecified atom stereocenters. The Morgan fingerprint density at radius 1 is 1.26 bits per heavy atom. The lowest BCUT2D eigenvalue weighted by atomic mass is 10.1. The molecule has 1 aliphatic rings. The van der Waals surface area contributed by atoms with E-state index >= 15 is 0 Å². The summed E-state index contributed by atoms with van der Waals surface area (Å²) in [5.41, 5.74) is 3.93. The Bertz CT molecular complexity index is 948. The van der Waals surface area contributed by atoms with Crippen molar-refractivity contribution in [3.8, 4) is 11.3 Å². The average Bonchev–Trinajstić information content (AvgIpc) is 3.07. The molecule has 0 saturated carbocycles. The van der Waals surface area contributed by atoms with Crippen LogP contribution in [0.4, 0.5) is 5.82 Å². The highest BCUT2D eigenvalue weighted by Gasteiger charge is 2.18. The Balaban J connectivity index is 1.56. The maximum Gasteiger partial charge on any atom is 0.224 e. The van der Waals surface area contributed by atoms with E-state index in [9.17, 15) is 4.79 Å². The Kier molecular flexibility index (Phi) is 5.29. The zero-order chi connectivity index (χ0) is 18.6. The molecule has 4 rings (SSSR count). The molecule has 0 spiro atoms. The van der Waals surface area contributed by atoms with Crippen molar-refractivity contribution >= 4 is 29.1 Å². The SMILES string of the molecule is Cc1ccccc1-c1nc2cnccn2c1NCCC(=O)N1CCSCC1. The molecule has 3 heterocycles. The summed E-state index contributed by atoms with van der Waals surface area (Å²) in [7, 11) is 0. The summed E-state index contributed by atoms with van der Waals surface area (Å²) in [5, 5.41) is 3.45. The smallest absolute Gasteiger partial charge is 0.224 e. The van der Waals surface area contributed by atoms with Gasteiger partial charge in [0.25, 0.3) is 0 Å². The number of nitrogens with one attached hydrogen (secondary N) is 1. The van der Waals surface area contributed by atoms with Crippen LogP contribution in [0.1, 0.15) is 12.0 Å². The summed E-state index contributed by atoms with van der Waals surface area (Å²) < 4.78 is 2.00. The lowest BCUT2D eigenvalue weighted by Gasteiger charge is -2.26. The second-order valence-corrected chi connectivity index (χ2v) is 7.82. The minimum absolute atomic E-state index is 0.218. The van der Waals surface area contributed by atoms with E-state index in [1.807, 2.05) is 39.4 Å². The second kappa shape index (κ2) is 8.00. The van der Waals surface area contributed by atoms with Crippen molar-refractivity contribution < 1.29 is 4.79 Å². The van der Waals surface area contributed by atoms with Crippen LogP contribution in [0.3, 0.4) is 0 Å². The number of rotatable bonds is 5. The third-order valence-corrected chi connectivity index (χ3v) is 5.77. The fourth-order valence-electron chi connectivity index (χ4n) is 3.36. The van der Waals surface area contributed by atoms with Gasteiger partial charge in [0.05, 0.1) is 6.20 Å². The summed E-state index contributed by atoms with van der Waals surface area (Å²) in [5.74, 6) is 3.20. The van der Waals surface area contributed by atoms with E-state index in [-0.39, 0.29) is 5.91 Å². The molecule has 1 N–H and O–H groups in total. The van der Waals surface area contributed by atoms with Gasteiger partial charge in [-0.2, -0.15) is 11.8 Å². The number of nitrogens with zero attached hydrogens (tertiary/aromatic N) is 4. The fourth-order valence-corrected chi connectivity index (χ4v) is 4.26. The molecule has 6 nitrogen and oxygen atoms in total. The lowest BCUT2D eigenvalue weighted by Crippen LogP contribution is -2.38. The molecule has 0 aliphatic carbocycles. The van der Waals surface area contributed by atoms with Crippen LogP contribution in [0.25, 0.3) is 16.9 Å². The Labute approximate surface area is 163 Å². The number of benzene rings is 1. The monoisotopic (exact) mass is 381 g/mol. The number of aryl methyl sites for hydroxylation is 1. The first-order valence-electron chi connectivity index (χ1n) is 9.21. The van der Waals surface area contributed by atoms with Crippen molar-refractivity contribution in [3.05, 3.63) is 48.4 Å². The largest absolute Gasteiger partial charge is 0.369 e. The maximum atomic E-state index is 12.4. The van der Waals surface area contributed by atoms with Crippen molar-refractivity contribution in [2.24, 2.45) is 0 Å². The number of fused-ring (bicyclic) bond motifs is 1. The van der Waals surface area contributed by atoms with Gasteiger partial charge in [0.1, 0.15) is 11.5 Å². The highest BCUT2D eigenvalue weighted by molar-refractivity contribution is 7.99. The van der Waals surface area contributed by atoms with E-state index in [4.69, 9.17) is 4.98 Å². The molecular weight excluding hydrogens is 358 g/mol. The second-order valence-electron chi connectivity index (χ2n) is 6.60. The molecule has 0 radical (unpaired) electrons. The van der Waals surface area contributed by atoms with E-state index in [0.29, 0.717) is 13.0 Å². The molecule has 3 aromatic rings. The molecule has 1 aromatic carbocycles. The number of imidazole rings is 1. The number of amides is 1. The number of carbonyl (C=O) groups excluding carboxylic acids is 1. The predicted octanol–water partition coefficient (Wildman–Crippen LogP) is 3.08. The van der Waals surface area contributed by atoms with Crippen molar-refractivity contribution in [3.63, 3.8) is 0 Å². The lowest BCUT2D eigenvalue weighted by molar-refractivity contribution is -0.130. The molecule has 27 heavy (non-hydrogen) atoms. The first-order valence-corrected chi connectivity index (χ1v) is 10.4. The quantitative estimate of drug-likeness (QED) is 0.736. The first kappa shape index (κ1) is 17.9. The zero-order valence-corrected chi connectivity index (χ0v) is 16.2. The molecule has 7 heteroatoms. The summed E-state index contributed by atoms with van der Waals surface area (Å²) in [6.07, 6.45) is 5.88. The standard InChI is InChI=1S/C20H23N5OS/c1-15-4-2-3-5-16(15)19-20(25-9-8-21-14-17(25)23-19)22-7-6-18(26)24-10-12-27-13-11-24/h2-5,8-9,14,22H,6-7,10-13H2,1H3. The van der Waals surface area contributed by atoms with Crippen molar-refractivity contribution in [2.75, 3.05) is 36.5 Å². The van der Waals surface area contributed by atoms with Crippen LogP contribution in [0.15, 0.2) is 42.9 Å². The van der Waals surface area contributed by atoms with Gasteiger partial charge in [0, 0.05) is 55.5 Å². The van der Waals surface area contributed by atoms with E-state index in [1.165, 1.54) is 5.56 Å². The molecule has 1 amide bonds. The van der Waals surface area contributed by atoms with Crippen LogP contribution in [-0.2, 0) is 4.79 Å². The molecule has 0 atom stereocenters. The third kappa shape index (κ3) is 3.78. The van der Waals surface area contributed by atoms with Gasteiger partial charge in [-0.15, -0.1) is 0 Å². The van der Waals surface area contributed by atoms with Gasteiger partial charge >= 0.3 is 0 Å². The van der Waals surface area contributed by atoms with Gasteiger partial charge in [0.2, 0.25) is 5.91 Å². The van der Waals surface area contributed by atoms with Crippen molar-refractivity contribution in [1.29, 1.82) is 0 Å². The van der Waals surface area contributed by atoms with Gasteiger partial charge in [-0.3, -0.25) is 14.2 Å². The molecule has 140 valence electrons. The molecule has 1 fully saturated rings. The molecule has 1 saturated heterocycles. The minimum atomic E-state index is 0.218. The zero-order valence-electron chi connectivity index (χ0n) is 15.4. The number of hydrogen-bond donors (Lipinski definition) is 1. The highest BCUT2D eigenvalue weighted by atomic mass is 32.2. The third-order valence-electron chi connectivity index (χ3n) is 4.83. The van der Waals surface area contributed by atoms with E-state index in [0.717, 1.165) is 47.3 Å². The fraction of sp³-hybridized carbons (Fsp3) is 0.350. The number of carbonyl (C=O) groups is 1. The Hall–Kier alpha value is -2.54. The van der Waals surface area contributed by atoms with Gasteiger partial charge in [0.15, 0.2) is 5.65 Å². The van der Waals surface area contributed by atoms with E-state index < -0.39 is 0 Å². The first-order chi connectivity index (χ1) is 13.2. The molecule has 0 bridgehead atoms. The number of thioether (sulfide) groups is 1. The van der Waals surface area contributed by atoms with Gasteiger partial charge < -0.3 is 10.2 Å². The predicted molar refractivity (Wildman–Crippen MR) is 110 cm³/mol. The number of anilines is 1. The summed E-state index contributed by atoms with van der Waals surface area (Å²) in [6, 6.07) is 8.21. The normalized spacial score (nSPS) is 14.5. The van der Waals surface area contributed by atoms with Crippen LogP contribution in [0, 0.1) is 6.92 Å². The summed E-state index contributed by atoms with van der Waals surface area (Å²) in [6.45, 7) is 4.38. The van der Waals surface area contributed by atoms with Crippen LogP contribution >= 0.6 is 11.8 Å². The van der Waals surface area contributed by atoms with Crippen molar-refractivity contribution in [2.45, 2.75) is 13.3 Å². The Morgan fingerprint density at radius 3 is 2.89 bits per heavy atom.